The Balaban J connectivity index is 1.97. The summed E-state index contributed by atoms with van der Waals surface area (Å²) in [6, 6.07) is 2.00. The number of carbonyl (C=O) groups is 1. The molecule has 2 aromatic heterocycles. The van der Waals surface area contributed by atoms with E-state index in [1.807, 2.05) is 18.5 Å². The fraction of sp³-hybridized carbons (Fsp3) is 0.385. The molecule has 3 rings (SSSR count). The molecular weight excluding hydrogens is 230 g/mol. The van der Waals surface area contributed by atoms with E-state index < -0.39 is 5.97 Å². The molecule has 5 nitrogen and oxygen atoms in total. The van der Waals surface area contributed by atoms with E-state index in [0.717, 1.165) is 36.5 Å². The van der Waals surface area contributed by atoms with Crippen LogP contribution in [-0.4, -0.2) is 25.6 Å². The van der Waals surface area contributed by atoms with Gasteiger partial charge in [-0.25, -0.2) is 4.98 Å². The summed E-state index contributed by atoms with van der Waals surface area (Å²) in [5.41, 5.74) is 3.34. The molecule has 5 heteroatoms. The quantitative estimate of drug-likeness (QED) is 0.863. The van der Waals surface area contributed by atoms with Gasteiger partial charge in [0.15, 0.2) is 0 Å². The van der Waals surface area contributed by atoms with Crippen LogP contribution in [0.25, 0.3) is 11.3 Å². The number of H-pyrrole nitrogens is 1. The van der Waals surface area contributed by atoms with Crippen molar-refractivity contribution in [3.05, 3.63) is 30.0 Å². The molecule has 0 saturated carbocycles. The predicted octanol–water partition coefficient (Wildman–Crippen LogP) is 1.84. The number of imidazole rings is 1. The van der Waals surface area contributed by atoms with Crippen LogP contribution < -0.4 is 0 Å². The molecule has 94 valence electrons. The van der Waals surface area contributed by atoms with E-state index in [-0.39, 0.29) is 6.42 Å². The van der Waals surface area contributed by atoms with Crippen LogP contribution in [0.2, 0.25) is 0 Å². The lowest BCUT2D eigenvalue weighted by Gasteiger charge is -2.01. The number of aryl methyl sites for hydroxylation is 1. The number of aromatic amines is 1. The molecule has 0 bridgehead atoms. The minimum absolute atomic E-state index is 0.142. The second-order valence-electron chi connectivity index (χ2n) is 4.57. The Morgan fingerprint density at radius 3 is 3.17 bits per heavy atom. The van der Waals surface area contributed by atoms with Gasteiger partial charge in [-0.3, -0.25) is 4.79 Å². The number of nitrogens with one attached hydrogen (secondary N) is 1. The van der Waals surface area contributed by atoms with E-state index in [1.165, 1.54) is 5.69 Å². The Hall–Kier alpha value is -2.04. The number of rotatable bonds is 4. The molecule has 3 heterocycles. The van der Waals surface area contributed by atoms with Gasteiger partial charge in [-0.05, 0) is 18.9 Å². The van der Waals surface area contributed by atoms with Crippen LogP contribution in [-0.2, 0) is 24.2 Å². The van der Waals surface area contributed by atoms with Crippen molar-refractivity contribution in [3.8, 4) is 11.3 Å². The molecule has 18 heavy (non-hydrogen) atoms. The van der Waals surface area contributed by atoms with E-state index in [0.29, 0.717) is 6.42 Å². The van der Waals surface area contributed by atoms with Gasteiger partial charge < -0.3 is 14.7 Å². The highest BCUT2D eigenvalue weighted by molar-refractivity contribution is 5.67. The van der Waals surface area contributed by atoms with E-state index in [1.54, 1.807) is 0 Å². The molecular formula is C13H15N3O2. The Bertz CT molecular complexity index is 569. The molecule has 0 radical (unpaired) electrons. The van der Waals surface area contributed by atoms with E-state index in [2.05, 4.69) is 14.5 Å². The highest BCUT2D eigenvalue weighted by Crippen LogP contribution is 2.29. The zero-order valence-corrected chi connectivity index (χ0v) is 10.0. The molecule has 0 spiro atoms. The number of aliphatic carboxylic acids is 1. The number of hydrogen-bond acceptors (Lipinski definition) is 2. The summed E-state index contributed by atoms with van der Waals surface area (Å²) in [4.78, 5) is 18.3. The van der Waals surface area contributed by atoms with Crippen molar-refractivity contribution in [2.24, 2.45) is 0 Å². The summed E-state index contributed by atoms with van der Waals surface area (Å²) < 4.78 is 2.19. The van der Waals surface area contributed by atoms with Crippen LogP contribution >= 0.6 is 0 Å². The standard InChI is InChI=1S/C13H15N3O2/c17-12(18)4-3-11-15-13(9-5-6-14-8-9)10-2-1-7-16(10)11/h5-6,8,14H,1-4,7H2,(H,17,18). The zero-order chi connectivity index (χ0) is 12.5. The summed E-state index contributed by atoms with van der Waals surface area (Å²) in [6.45, 7) is 0.960. The summed E-state index contributed by atoms with van der Waals surface area (Å²) in [6.07, 6.45) is 6.61. The van der Waals surface area contributed by atoms with Gasteiger partial charge in [0, 0.05) is 36.6 Å². The van der Waals surface area contributed by atoms with Crippen molar-refractivity contribution in [2.45, 2.75) is 32.2 Å². The van der Waals surface area contributed by atoms with Gasteiger partial charge in [-0.15, -0.1) is 0 Å². The van der Waals surface area contributed by atoms with E-state index in [4.69, 9.17) is 5.11 Å². The Morgan fingerprint density at radius 2 is 2.44 bits per heavy atom. The fourth-order valence-corrected chi connectivity index (χ4v) is 2.57. The highest BCUT2D eigenvalue weighted by Gasteiger charge is 2.22. The molecule has 2 N–H and O–H groups in total. The Kier molecular flexibility index (Phi) is 2.66. The molecule has 0 aromatic carbocycles. The van der Waals surface area contributed by atoms with Crippen LogP contribution in [0.1, 0.15) is 24.4 Å². The summed E-state index contributed by atoms with van der Waals surface area (Å²) in [7, 11) is 0. The van der Waals surface area contributed by atoms with Crippen molar-refractivity contribution in [1.29, 1.82) is 0 Å². The predicted molar refractivity (Wildman–Crippen MR) is 66.3 cm³/mol. The normalized spacial score (nSPS) is 13.8. The topological polar surface area (TPSA) is 70.9 Å². The summed E-state index contributed by atoms with van der Waals surface area (Å²) >= 11 is 0. The van der Waals surface area contributed by atoms with Crippen molar-refractivity contribution in [2.75, 3.05) is 0 Å². The SMILES string of the molecule is O=C(O)CCc1nc(-c2cc[nH]c2)c2n1CCC2. The first-order chi connectivity index (χ1) is 8.75. The maximum Gasteiger partial charge on any atom is 0.303 e. The average molecular weight is 245 g/mol. The highest BCUT2D eigenvalue weighted by atomic mass is 16.4. The lowest BCUT2D eigenvalue weighted by Crippen LogP contribution is -2.04. The van der Waals surface area contributed by atoms with Gasteiger partial charge in [0.1, 0.15) is 5.82 Å². The van der Waals surface area contributed by atoms with Crippen LogP contribution in [0.5, 0.6) is 0 Å². The van der Waals surface area contributed by atoms with E-state index >= 15 is 0 Å². The van der Waals surface area contributed by atoms with E-state index in [9.17, 15) is 4.79 Å². The van der Waals surface area contributed by atoms with Crippen LogP contribution in [0.15, 0.2) is 18.5 Å². The molecule has 0 fully saturated rings. The third kappa shape index (κ3) is 1.81. The lowest BCUT2D eigenvalue weighted by molar-refractivity contribution is -0.137. The third-order valence-corrected chi connectivity index (χ3v) is 3.38. The second kappa shape index (κ2) is 4.33. The maximum absolute atomic E-state index is 10.7. The number of hydrogen-bond donors (Lipinski definition) is 2. The first-order valence-electron chi connectivity index (χ1n) is 6.19. The number of carboxylic acid groups (broad SMARTS) is 1. The summed E-state index contributed by atoms with van der Waals surface area (Å²) in [5, 5.41) is 8.77. The first-order valence-corrected chi connectivity index (χ1v) is 6.19. The van der Waals surface area contributed by atoms with Gasteiger partial charge in [0.05, 0.1) is 12.1 Å². The van der Waals surface area contributed by atoms with Crippen molar-refractivity contribution in [3.63, 3.8) is 0 Å². The number of fused-ring (bicyclic) bond motifs is 1. The summed E-state index contributed by atoms with van der Waals surface area (Å²) in [5.74, 6) is 0.134. The molecule has 0 atom stereocenters. The van der Waals surface area contributed by atoms with Crippen LogP contribution in [0.3, 0.4) is 0 Å². The van der Waals surface area contributed by atoms with Gasteiger partial charge in [-0.1, -0.05) is 0 Å². The average Bonchev–Trinajstić information content (AvgIpc) is 3.04. The number of carboxylic acids is 1. The Labute approximate surface area is 104 Å². The van der Waals surface area contributed by atoms with Gasteiger partial charge in [-0.2, -0.15) is 0 Å². The molecule has 0 saturated heterocycles. The fourth-order valence-electron chi connectivity index (χ4n) is 2.57. The molecule has 2 aromatic rings. The van der Waals surface area contributed by atoms with Gasteiger partial charge in [0.25, 0.3) is 0 Å². The zero-order valence-electron chi connectivity index (χ0n) is 10.0. The molecule has 0 unspecified atom stereocenters. The van der Waals surface area contributed by atoms with Gasteiger partial charge in [0.2, 0.25) is 0 Å². The molecule has 0 aliphatic carbocycles. The minimum atomic E-state index is -0.770. The Morgan fingerprint density at radius 1 is 1.56 bits per heavy atom. The third-order valence-electron chi connectivity index (χ3n) is 3.38. The van der Waals surface area contributed by atoms with Crippen LogP contribution in [0.4, 0.5) is 0 Å². The first kappa shape index (κ1) is 11.1. The van der Waals surface area contributed by atoms with Crippen molar-refractivity contribution in [1.82, 2.24) is 14.5 Å². The lowest BCUT2D eigenvalue weighted by atomic mass is 10.1. The second-order valence-corrected chi connectivity index (χ2v) is 4.57. The van der Waals surface area contributed by atoms with Gasteiger partial charge >= 0.3 is 5.97 Å². The molecule has 1 aliphatic heterocycles. The number of aromatic nitrogens is 3. The maximum atomic E-state index is 10.7. The molecule has 1 aliphatic rings. The van der Waals surface area contributed by atoms with Crippen molar-refractivity contribution >= 4 is 5.97 Å². The largest absolute Gasteiger partial charge is 0.481 e. The van der Waals surface area contributed by atoms with Crippen molar-refractivity contribution < 1.29 is 9.90 Å². The van der Waals surface area contributed by atoms with Crippen LogP contribution in [0, 0.1) is 0 Å². The monoisotopic (exact) mass is 245 g/mol. The molecule has 0 amide bonds. The minimum Gasteiger partial charge on any atom is -0.481 e. The number of nitrogens with zero attached hydrogens (tertiary/aromatic N) is 2. The smallest absolute Gasteiger partial charge is 0.303 e.